The molecule has 2 atom stereocenters. The molecule has 1 unspecified atom stereocenters. The first-order valence-electron chi connectivity index (χ1n) is 12.3. The fourth-order valence-electron chi connectivity index (χ4n) is 2.73. The Morgan fingerprint density at radius 1 is 0.842 bits per heavy atom. The van der Waals surface area contributed by atoms with Crippen LogP contribution in [0.1, 0.15) is 57.8 Å². The van der Waals surface area contributed by atoms with E-state index in [0.29, 0.717) is 50.3 Å². The maximum Gasteiger partial charge on any atom is 0.694 e. The summed E-state index contributed by atoms with van der Waals surface area (Å²) >= 11 is 1.92. The Labute approximate surface area is 249 Å². The molecule has 0 bridgehead atoms. The van der Waals surface area contributed by atoms with Crippen LogP contribution < -0.4 is 21.7 Å². The first kappa shape index (κ1) is 37.6. The monoisotopic (exact) mass is 729 g/mol. The van der Waals surface area contributed by atoms with Gasteiger partial charge in [0.25, 0.3) is 0 Å². The number of alkyl carbamates (subject to hydrolysis) is 1. The van der Waals surface area contributed by atoms with Crippen molar-refractivity contribution >= 4 is 83.0 Å². The van der Waals surface area contributed by atoms with Crippen LogP contribution in [-0.2, 0) is 28.2 Å². The molecule has 0 aliphatic rings. The van der Waals surface area contributed by atoms with Crippen LogP contribution in [0.25, 0.3) is 0 Å². The average Bonchev–Trinajstić information content (AvgIpc) is 2.89. The smallest absolute Gasteiger partial charge is 0.448 e. The van der Waals surface area contributed by atoms with E-state index in [1.54, 1.807) is 0 Å². The standard InChI is InChI=1S/C21H38IN4O8PS3/c22-38-20(29)17(23)16-37-36-15-9-19(28)24-10-6-3-4-8-18(27)25-12-14-33-21(30)26-11-5-1-2-7-13-34-35(31)32/h17H,1-16,23H2,(H3-,24,25,26,27,28,30,31,32)/p+1/t17-/m0/s1. The molecule has 0 aliphatic carbocycles. The molecule has 0 aliphatic heterocycles. The number of hydrogen-bond donors (Lipinski definition) is 5. The van der Waals surface area contributed by atoms with Crippen molar-refractivity contribution in [3.05, 3.63) is 0 Å². The van der Waals surface area contributed by atoms with E-state index in [-0.39, 0.29) is 36.7 Å². The summed E-state index contributed by atoms with van der Waals surface area (Å²) < 4.78 is 19.9. The highest BCUT2D eigenvalue weighted by atomic mass is 127. The van der Waals surface area contributed by atoms with Crippen molar-refractivity contribution in [1.29, 1.82) is 0 Å². The number of carbonyl (C=O) groups is 4. The fourth-order valence-corrected chi connectivity index (χ4v) is 6.41. The van der Waals surface area contributed by atoms with Gasteiger partial charge in [-0.05, 0) is 34.6 Å². The molecule has 0 aromatic carbocycles. The maximum atomic E-state index is 11.8. The first-order chi connectivity index (χ1) is 18.3. The third kappa shape index (κ3) is 25.9. The summed E-state index contributed by atoms with van der Waals surface area (Å²) in [4.78, 5) is 55.1. The lowest BCUT2D eigenvalue weighted by Gasteiger charge is -2.08. The van der Waals surface area contributed by atoms with E-state index in [4.69, 9.17) is 15.4 Å². The van der Waals surface area contributed by atoms with E-state index >= 15 is 0 Å². The van der Waals surface area contributed by atoms with Gasteiger partial charge in [0.05, 0.1) is 12.6 Å². The van der Waals surface area contributed by atoms with Gasteiger partial charge in [0.2, 0.25) is 16.9 Å². The van der Waals surface area contributed by atoms with Crippen LogP contribution in [0.5, 0.6) is 0 Å². The minimum absolute atomic E-state index is 0.0209. The fraction of sp³-hybridized carbons (Fsp3) is 0.810. The summed E-state index contributed by atoms with van der Waals surface area (Å²) in [6.45, 7) is 1.60. The normalized spacial score (nSPS) is 11.9. The Bertz CT molecular complexity index is 715. The predicted molar refractivity (Wildman–Crippen MR) is 162 cm³/mol. The third-order valence-electron chi connectivity index (χ3n) is 4.72. The SMILES string of the molecule is N[C@@H](CSSCCC(=O)NCCCCCC(=O)NCCOC(=O)NCCCCCCO[P+](=O)O)C(=O)SI. The number of halogens is 1. The molecule has 17 heteroatoms. The van der Waals surface area contributed by atoms with E-state index in [0.717, 1.165) is 41.0 Å². The molecule has 0 fully saturated rings. The van der Waals surface area contributed by atoms with Crippen molar-refractivity contribution in [1.82, 2.24) is 16.0 Å². The van der Waals surface area contributed by atoms with Gasteiger partial charge in [-0.15, -0.1) is 9.42 Å². The zero-order chi connectivity index (χ0) is 28.4. The van der Waals surface area contributed by atoms with Crippen LogP contribution in [-0.4, -0.2) is 78.3 Å². The van der Waals surface area contributed by atoms with E-state index in [9.17, 15) is 23.7 Å². The molecule has 0 radical (unpaired) electrons. The van der Waals surface area contributed by atoms with E-state index in [1.165, 1.54) is 21.6 Å². The lowest BCUT2D eigenvalue weighted by atomic mass is 10.2. The summed E-state index contributed by atoms with van der Waals surface area (Å²) in [6, 6.07) is -0.486. The van der Waals surface area contributed by atoms with Crippen LogP contribution in [0.4, 0.5) is 4.79 Å². The lowest BCUT2D eigenvalue weighted by molar-refractivity contribution is -0.122. The molecule has 220 valence electrons. The number of rotatable bonds is 24. The molecule has 38 heavy (non-hydrogen) atoms. The van der Waals surface area contributed by atoms with Crippen LogP contribution in [0.3, 0.4) is 0 Å². The number of ether oxygens (including phenoxy) is 1. The minimum atomic E-state index is -2.53. The molecule has 0 heterocycles. The number of nitrogens with two attached hydrogens (primary N) is 1. The van der Waals surface area contributed by atoms with Crippen molar-refractivity contribution in [3.8, 4) is 0 Å². The number of hydrogen-bond acceptors (Lipinski definition) is 11. The number of amides is 3. The molecule has 0 aromatic heterocycles. The summed E-state index contributed by atoms with van der Waals surface area (Å²) in [5.74, 6) is 1.04. The minimum Gasteiger partial charge on any atom is -0.448 e. The second-order valence-corrected chi connectivity index (χ2v) is 13.2. The summed E-state index contributed by atoms with van der Waals surface area (Å²) in [7, 11) is 1.58. The summed E-state index contributed by atoms with van der Waals surface area (Å²) in [5, 5.41) is 8.14. The number of unbranched alkanes of at least 4 members (excludes halogenated alkanes) is 5. The van der Waals surface area contributed by atoms with Crippen molar-refractivity contribution < 1.29 is 37.9 Å². The summed E-state index contributed by atoms with van der Waals surface area (Å²) in [5.41, 5.74) is 5.73. The predicted octanol–water partition coefficient (Wildman–Crippen LogP) is 3.44. The molecule has 12 nitrogen and oxygen atoms in total. The van der Waals surface area contributed by atoms with E-state index in [1.807, 2.05) is 21.2 Å². The van der Waals surface area contributed by atoms with Gasteiger partial charge in [-0.1, -0.05) is 40.9 Å². The quantitative estimate of drug-likeness (QED) is 0.0423. The van der Waals surface area contributed by atoms with Crippen molar-refractivity contribution in [3.63, 3.8) is 0 Å². The van der Waals surface area contributed by atoms with Crippen molar-refractivity contribution in [2.75, 3.05) is 44.4 Å². The molecule has 0 spiro atoms. The second kappa shape index (κ2) is 26.8. The highest BCUT2D eigenvalue weighted by molar-refractivity contribution is 14.2. The zero-order valence-corrected chi connectivity index (χ0v) is 26.8. The Kier molecular flexibility index (Phi) is 26.6. The van der Waals surface area contributed by atoms with Gasteiger partial charge in [-0.2, -0.15) is 0 Å². The van der Waals surface area contributed by atoms with Crippen LogP contribution >= 0.6 is 60.0 Å². The second-order valence-electron chi connectivity index (χ2n) is 7.92. The van der Waals surface area contributed by atoms with Gasteiger partial charge in [0.15, 0.2) is 0 Å². The van der Waals surface area contributed by atoms with Gasteiger partial charge in [0.1, 0.15) is 13.2 Å². The van der Waals surface area contributed by atoms with Crippen molar-refractivity contribution in [2.45, 2.75) is 63.8 Å². The molecular weight excluding hydrogens is 690 g/mol. The van der Waals surface area contributed by atoms with Gasteiger partial charge >= 0.3 is 14.3 Å². The van der Waals surface area contributed by atoms with E-state index < -0.39 is 20.4 Å². The average molecular weight is 730 g/mol. The molecule has 6 N–H and O–H groups in total. The van der Waals surface area contributed by atoms with Crippen LogP contribution in [0.2, 0.25) is 0 Å². The molecule has 0 rings (SSSR count). The Morgan fingerprint density at radius 2 is 1.47 bits per heavy atom. The number of nitrogens with one attached hydrogen (secondary N) is 3. The largest absolute Gasteiger partial charge is 0.694 e. The zero-order valence-electron chi connectivity index (χ0n) is 21.3. The topological polar surface area (TPSA) is 186 Å². The maximum absolute atomic E-state index is 11.8. The van der Waals surface area contributed by atoms with Gasteiger partial charge in [-0.25, -0.2) is 4.79 Å². The van der Waals surface area contributed by atoms with Crippen LogP contribution in [0, 0.1) is 0 Å². The molecule has 0 saturated carbocycles. The van der Waals surface area contributed by atoms with Gasteiger partial charge in [-0.3, -0.25) is 14.4 Å². The van der Waals surface area contributed by atoms with E-state index in [2.05, 4.69) is 20.5 Å². The number of carbonyl (C=O) groups excluding carboxylic acids is 4. The highest BCUT2D eigenvalue weighted by Gasteiger charge is 2.13. The molecule has 0 aromatic rings. The Balaban J connectivity index is 3.47. The third-order valence-corrected chi connectivity index (χ3v) is 9.33. The Morgan fingerprint density at radius 3 is 2.18 bits per heavy atom. The molecule has 0 saturated heterocycles. The van der Waals surface area contributed by atoms with Crippen molar-refractivity contribution in [2.24, 2.45) is 5.73 Å². The summed E-state index contributed by atoms with van der Waals surface area (Å²) in [6.07, 6.45) is 5.66. The van der Waals surface area contributed by atoms with Gasteiger partial charge in [0, 0.05) is 63.2 Å². The molecular formula is C21H39IN4O8PS3+. The highest BCUT2D eigenvalue weighted by Crippen LogP contribution is 2.24. The Hall–Kier alpha value is -0.360. The first-order valence-corrected chi connectivity index (χ1v) is 19.3. The lowest BCUT2D eigenvalue weighted by Crippen LogP contribution is -2.31. The van der Waals surface area contributed by atoms with Gasteiger partial charge < -0.3 is 26.4 Å². The molecule has 3 amide bonds. The van der Waals surface area contributed by atoms with Crippen LogP contribution in [0.15, 0.2) is 0 Å².